The Kier molecular flexibility index (Phi) is 18.2. The topological polar surface area (TPSA) is 54.2 Å². The molecule has 0 aliphatic rings. The molecule has 0 atom stereocenters. The number of nitrogens with zero attached hydrogens (tertiary/aromatic N) is 3. The van der Waals surface area contributed by atoms with Crippen LogP contribution in [0.3, 0.4) is 0 Å². The van der Waals surface area contributed by atoms with Gasteiger partial charge in [0, 0.05) is 107 Å². The van der Waals surface area contributed by atoms with Gasteiger partial charge in [-0.3, -0.25) is 0 Å². The molecule has 9 aromatic heterocycles. The van der Waals surface area contributed by atoms with E-state index in [1.807, 2.05) is 34.0 Å². The first-order valence-corrected chi connectivity index (χ1v) is 48.9. The number of hydrogen-bond acceptors (Lipinski definition) is 6. The third-order valence-corrected chi connectivity index (χ3v) is 31.3. The lowest BCUT2D eigenvalue weighted by Crippen LogP contribution is -1.93. The standard InChI is InChI=1S/C44H27NOS.2C42H25NOS/c1-3-13-28(14-4-1)34-22-10-23-36-40-32(20-11-25-38(40)46-43(34)36)29-15-9-16-30(27-29)33-21-12-26-39-41(33)42-44(47-39)35-19-7-8-24-37(35)45(42)31-17-5-2-6-18-31;1-2-14-29(15-3-1)43-35-20-7-6-17-33(35)42-40(43)39-31(19-10-22-37(39)45-42)28-13-8-12-27(25-28)30-18-9-21-36-38(30)34-24-23-26-11-4-5-16-32(26)41(34)44-36;1-2-13-30(14-3-1)43-35-18-7-6-16-33(35)42-41(43)40-32(17-9-19-38(40)45-42)29-12-8-11-27(24-29)28-20-22-34-37(25-28)44-36-23-21-26-10-4-5-15-31(26)39(34)36/h1-27H;2*1-25H. The number of para-hydroxylation sites is 7. The maximum atomic E-state index is 6.59. The Hall–Kier alpha value is -17.2. The van der Waals surface area contributed by atoms with Crippen LogP contribution in [0, 0.1) is 0 Å². The van der Waals surface area contributed by atoms with Gasteiger partial charge < -0.3 is 27.0 Å². The highest BCUT2D eigenvalue weighted by atomic mass is 32.1. The summed E-state index contributed by atoms with van der Waals surface area (Å²) in [5.41, 5.74) is 33.3. The van der Waals surface area contributed by atoms with E-state index in [9.17, 15) is 0 Å². The van der Waals surface area contributed by atoms with E-state index in [-0.39, 0.29) is 0 Å². The van der Waals surface area contributed by atoms with Gasteiger partial charge in [-0.05, 0) is 216 Å². The molecule has 0 aliphatic carbocycles. The molecule has 0 spiro atoms. The number of benzene rings is 21. The molecular formula is C128H77N3O3S3. The molecule has 6 nitrogen and oxygen atoms in total. The predicted octanol–water partition coefficient (Wildman–Crippen LogP) is 37.7. The monoisotopic (exact) mass is 1800 g/mol. The van der Waals surface area contributed by atoms with Crippen LogP contribution in [0.2, 0.25) is 0 Å². The highest BCUT2D eigenvalue weighted by Gasteiger charge is 2.27. The molecule has 0 saturated heterocycles. The summed E-state index contributed by atoms with van der Waals surface area (Å²) in [6.07, 6.45) is 0. The molecule has 0 saturated carbocycles. The van der Waals surface area contributed by atoms with Gasteiger partial charge >= 0.3 is 0 Å². The van der Waals surface area contributed by atoms with Crippen molar-refractivity contribution in [1.29, 1.82) is 0 Å². The third-order valence-electron chi connectivity index (χ3n) is 27.8. The van der Waals surface area contributed by atoms with Gasteiger partial charge in [0.15, 0.2) is 0 Å². The summed E-state index contributed by atoms with van der Waals surface area (Å²) in [5.74, 6) is 0. The zero-order valence-corrected chi connectivity index (χ0v) is 76.2. The van der Waals surface area contributed by atoms with Crippen LogP contribution in [0.5, 0.6) is 0 Å². The number of rotatable bonds is 10. The summed E-state index contributed by atoms with van der Waals surface area (Å²) in [7, 11) is 0. The second-order valence-corrected chi connectivity index (χ2v) is 38.6. The van der Waals surface area contributed by atoms with Crippen LogP contribution < -0.4 is 0 Å². The molecule has 137 heavy (non-hydrogen) atoms. The van der Waals surface area contributed by atoms with E-state index in [1.54, 1.807) is 0 Å². The Morgan fingerprint density at radius 2 is 0.489 bits per heavy atom. The Labute approximate surface area is 797 Å². The lowest BCUT2D eigenvalue weighted by Gasteiger charge is -2.11. The predicted molar refractivity (Wildman–Crippen MR) is 583 cm³/mol. The summed E-state index contributed by atoms with van der Waals surface area (Å²) in [6.45, 7) is 0. The van der Waals surface area contributed by atoms with Crippen molar-refractivity contribution in [2.45, 2.75) is 0 Å². The molecule has 0 fully saturated rings. The maximum absolute atomic E-state index is 6.59. The molecule has 0 radical (unpaired) electrons. The molecular weight excluding hydrogens is 1720 g/mol. The van der Waals surface area contributed by atoms with E-state index in [1.165, 1.54) is 193 Å². The zero-order valence-electron chi connectivity index (χ0n) is 73.7. The number of aromatic nitrogens is 3. The van der Waals surface area contributed by atoms with Crippen LogP contribution in [0.1, 0.15) is 0 Å². The molecule has 640 valence electrons. The number of fused-ring (bicyclic) bond motifs is 28. The number of hydrogen-bond donors (Lipinski definition) is 0. The lowest BCUT2D eigenvalue weighted by molar-refractivity contribution is 0.669. The minimum absolute atomic E-state index is 0.903. The molecule has 0 amide bonds. The summed E-state index contributed by atoms with van der Waals surface area (Å²) >= 11 is 5.66. The van der Waals surface area contributed by atoms with Crippen molar-refractivity contribution in [2.24, 2.45) is 0 Å². The van der Waals surface area contributed by atoms with Crippen LogP contribution in [0.4, 0.5) is 0 Å². The normalized spacial score (nSPS) is 11.9. The van der Waals surface area contributed by atoms with Gasteiger partial charge in [-0.2, -0.15) is 0 Å². The maximum Gasteiger partial charge on any atom is 0.143 e. The van der Waals surface area contributed by atoms with Gasteiger partial charge in [-0.25, -0.2) is 0 Å². The molecule has 21 aromatic carbocycles. The average molecular weight is 1800 g/mol. The van der Waals surface area contributed by atoms with Gasteiger partial charge in [-0.1, -0.05) is 340 Å². The smallest absolute Gasteiger partial charge is 0.143 e. The molecule has 0 bridgehead atoms. The minimum Gasteiger partial charge on any atom is -0.456 e. The van der Waals surface area contributed by atoms with E-state index in [2.05, 4.69) is 481 Å². The summed E-state index contributed by atoms with van der Waals surface area (Å²) in [5, 5.41) is 19.5. The third kappa shape index (κ3) is 12.6. The Bertz CT molecular complexity index is 10100. The van der Waals surface area contributed by atoms with Crippen molar-refractivity contribution in [3.63, 3.8) is 0 Å². The van der Waals surface area contributed by atoms with Crippen LogP contribution in [-0.2, 0) is 0 Å². The minimum atomic E-state index is 0.903. The van der Waals surface area contributed by atoms with Gasteiger partial charge in [0.2, 0.25) is 0 Å². The van der Waals surface area contributed by atoms with E-state index in [0.717, 1.165) is 82.5 Å². The van der Waals surface area contributed by atoms with E-state index in [0.29, 0.717) is 0 Å². The van der Waals surface area contributed by atoms with Crippen molar-refractivity contribution in [1.82, 2.24) is 13.7 Å². The van der Waals surface area contributed by atoms with E-state index >= 15 is 0 Å². The molecule has 0 N–H and O–H groups in total. The number of furan rings is 3. The quantitative estimate of drug-likeness (QED) is 0.137. The first-order valence-electron chi connectivity index (χ1n) is 46.5. The van der Waals surface area contributed by atoms with Crippen LogP contribution >= 0.6 is 34.0 Å². The van der Waals surface area contributed by atoms with Gasteiger partial charge in [0.25, 0.3) is 0 Å². The number of thiophene rings is 3. The summed E-state index contributed by atoms with van der Waals surface area (Å²) in [4.78, 5) is 0. The Morgan fingerprint density at radius 1 is 0.168 bits per heavy atom. The van der Waals surface area contributed by atoms with E-state index in [4.69, 9.17) is 13.3 Å². The summed E-state index contributed by atoms with van der Waals surface area (Å²) < 4.78 is 34.7. The molecule has 9 heteroatoms. The lowest BCUT2D eigenvalue weighted by atomic mass is 9.94. The fraction of sp³-hybridized carbons (Fsp3) is 0. The highest BCUT2D eigenvalue weighted by Crippen LogP contribution is 2.53. The van der Waals surface area contributed by atoms with Crippen LogP contribution in [-0.4, -0.2) is 13.7 Å². The SMILES string of the molecule is c1ccc(-c2cccc3c2oc2cccc(-c4cccc(-c5cccc6sc7c8ccccc8n(-c8ccccc8)c7c56)c4)c23)cc1.c1ccc(-n2c3ccccc3c3sc4cccc(-c5cccc(-c6ccc7c(c6)oc6ccc8ccccc8c67)c5)c4c32)cc1.c1ccc(-n2c3ccccc3c3sc4cccc(-c5cccc(-c6cccc7oc8c9ccccc9ccc8c67)c5)c4c32)cc1. The van der Waals surface area contributed by atoms with Crippen molar-refractivity contribution >= 4 is 215 Å². The second-order valence-electron chi connectivity index (χ2n) is 35.4. The summed E-state index contributed by atoms with van der Waals surface area (Å²) in [6, 6.07) is 168. The largest absolute Gasteiger partial charge is 0.456 e. The first kappa shape index (κ1) is 78.5. The first-order chi connectivity index (χ1) is 68.0. The van der Waals surface area contributed by atoms with Crippen LogP contribution in [0.25, 0.3) is 276 Å². The van der Waals surface area contributed by atoms with Crippen molar-refractivity contribution in [2.75, 3.05) is 0 Å². The zero-order chi connectivity index (χ0) is 89.9. The highest BCUT2D eigenvalue weighted by molar-refractivity contribution is 7.27. The second kappa shape index (κ2) is 31.8. The van der Waals surface area contributed by atoms with Gasteiger partial charge in [0.1, 0.15) is 33.5 Å². The molecule has 30 aromatic rings. The van der Waals surface area contributed by atoms with Gasteiger partial charge in [-0.15, -0.1) is 34.0 Å². The van der Waals surface area contributed by atoms with Crippen LogP contribution in [0.15, 0.2) is 480 Å². The van der Waals surface area contributed by atoms with Crippen molar-refractivity contribution < 1.29 is 13.3 Å². The van der Waals surface area contributed by atoms with Crippen molar-refractivity contribution in [3.05, 3.63) is 467 Å². The Morgan fingerprint density at radius 3 is 0.971 bits per heavy atom. The van der Waals surface area contributed by atoms with Crippen molar-refractivity contribution in [3.8, 4) is 95.0 Å². The fourth-order valence-corrected chi connectivity index (χ4v) is 25.6. The molecule has 30 rings (SSSR count). The fourth-order valence-electron chi connectivity index (χ4n) is 21.8. The molecule has 0 unspecified atom stereocenters. The molecule has 0 aliphatic heterocycles. The Balaban J connectivity index is 0.000000102. The average Bonchev–Trinajstić information content (AvgIpc) is 1.56. The molecule has 9 heterocycles. The van der Waals surface area contributed by atoms with Gasteiger partial charge in [0.05, 0.1) is 47.2 Å². The van der Waals surface area contributed by atoms with E-state index < -0.39 is 0 Å².